The molecule has 0 aliphatic heterocycles. The number of nitrogens with zero attached hydrogens (tertiary/aromatic N) is 3. The number of nitrogens with one attached hydrogen (secondary N) is 2. The standard InChI is InChI=1S/C31H29N5O/c1-19-6-5-7-21(16-19)28-29(34-30(33-28)23-11-10-20-14-15-32-25(20)17-23)22-12-13-26-27(18-22)35(2)31(37)36(26)24-8-3-4-9-24/h5-7,10-18,24,32H,3-4,8-9H2,1-2H3,(H,33,34). The van der Waals surface area contributed by atoms with E-state index in [0.717, 1.165) is 63.3 Å². The molecule has 3 aromatic carbocycles. The van der Waals surface area contributed by atoms with E-state index in [4.69, 9.17) is 4.98 Å². The summed E-state index contributed by atoms with van der Waals surface area (Å²) in [6.45, 7) is 2.10. The van der Waals surface area contributed by atoms with E-state index in [2.05, 4.69) is 83.6 Å². The first-order chi connectivity index (χ1) is 18.1. The zero-order chi connectivity index (χ0) is 25.1. The molecule has 2 N–H and O–H groups in total. The Bertz CT molecular complexity index is 1840. The van der Waals surface area contributed by atoms with Crippen LogP contribution in [-0.2, 0) is 7.05 Å². The molecule has 37 heavy (non-hydrogen) atoms. The van der Waals surface area contributed by atoms with E-state index in [1.54, 1.807) is 4.57 Å². The molecule has 6 heteroatoms. The molecule has 3 aromatic heterocycles. The number of hydrogen-bond donors (Lipinski definition) is 2. The lowest BCUT2D eigenvalue weighted by Gasteiger charge is -2.11. The lowest BCUT2D eigenvalue weighted by atomic mass is 10.0. The van der Waals surface area contributed by atoms with Crippen LogP contribution in [0.4, 0.5) is 0 Å². The molecule has 3 heterocycles. The predicted octanol–water partition coefficient (Wildman–Crippen LogP) is 6.97. The zero-order valence-electron chi connectivity index (χ0n) is 21.1. The molecule has 1 fully saturated rings. The Morgan fingerprint density at radius 3 is 2.57 bits per heavy atom. The van der Waals surface area contributed by atoms with Gasteiger partial charge in [0.05, 0.1) is 22.4 Å². The third kappa shape index (κ3) is 3.55. The van der Waals surface area contributed by atoms with Crippen molar-refractivity contribution in [3.8, 4) is 33.9 Å². The Balaban J connectivity index is 1.42. The van der Waals surface area contributed by atoms with E-state index in [1.807, 2.05) is 17.8 Å². The number of aromatic nitrogens is 5. The molecule has 6 aromatic rings. The number of imidazole rings is 2. The van der Waals surface area contributed by atoms with Crippen molar-refractivity contribution >= 4 is 21.9 Å². The molecule has 1 aliphatic carbocycles. The first-order valence-corrected chi connectivity index (χ1v) is 13.0. The quantitative estimate of drug-likeness (QED) is 0.282. The Hall–Kier alpha value is -4.32. The Morgan fingerprint density at radius 2 is 1.73 bits per heavy atom. The lowest BCUT2D eigenvalue weighted by Crippen LogP contribution is -2.24. The van der Waals surface area contributed by atoms with Crippen LogP contribution in [0.15, 0.2) is 77.7 Å². The Kier molecular flexibility index (Phi) is 4.96. The predicted molar refractivity (Wildman–Crippen MR) is 150 cm³/mol. The summed E-state index contributed by atoms with van der Waals surface area (Å²) in [5, 5.41) is 1.17. The van der Waals surface area contributed by atoms with Crippen molar-refractivity contribution in [2.24, 2.45) is 7.05 Å². The van der Waals surface area contributed by atoms with Gasteiger partial charge in [-0.2, -0.15) is 0 Å². The highest BCUT2D eigenvalue weighted by molar-refractivity contribution is 5.89. The van der Waals surface area contributed by atoms with Gasteiger partial charge in [0.1, 0.15) is 5.82 Å². The van der Waals surface area contributed by atoms with Crippen LogP contribution in [-0.4, -0.2) is 24.1 Å². The molecule has 1 aliphatic rings. The summed E-state index contributed by atoms with van der Waals surface area (Å²) >= 11 is 0. The average Bonchev–Trinajstić information content (AvgIpc) is 3.71. The van der Waals surface area contributed by atoms with Crippen molar-refractivity contribution in [3.63, 3.8) is 0 Å². The molecule has 7 rings (SSSR count). The van der Waals surface area contributed by atoms with Crippen molar-refractivity contribution in [3.05, 3.63) is 89.0 Å². The Labute approximate surface area is 214 Å². The first kappa shape index (κ1) is 21.9. The van der Waals surface area contributed by atoms with E-state index in [0.29, 0.717) is 6.04 Å². The molecular formula is C31H29N5O. The van der Waals surface area contributed by atoms with Crippen LogP contribution >= 0.6 is 0 Å². The number of rotatable bonds is 4. The number of benzene rings is 3. The highest BCUT2D eigenvalue weighted by atomic mass is 16.1. The highest BCUT2D eigenvalue weighted by Gasteiger charge is 2.24. The minimum Gasteiger partial charge on any atom is -0.361 e. The van der Waals surface area contributed by atoms with E-state index in [9.17, 15) is 4.79 Å². The van der Waals surface area contributed by atoms with Crippen LogP contribution in [0.2, 0.25) is 0 Å². The van der Waals surface area contributed by atoms with Gasteiger partial charge in [-0.1, -0.05) is 54.8 Å². The second kappa shape index (κ2) is 8.37. The van der Waals surface area contributed by atoms with Crippen LogP contribution in [0, 0.1) is 6.92 Å². The summed E-state index contributed by atoms with van der Waals surface area (Å²) in [4.78, 5) is 25.3. The van der Waals surface area contributed by atoms with Crippen molar-refractivity contribution in [1.29, 1.82) is 0 Å². The topological polar surface area (TPSA) is 71.4 Å². The fourth-order valence-electron chi connectivity index (χ4n) is 5.95. The molecule has 0 unspecified atom stereocenters. The maximum atomic E-state index is 13.2. The molecule has 0 spiro atoms. The van der Waals surface area contributed by atoms with E-state index < -0.39 is 0 Å². The van der Waals surface area contributed by atoms with Gasteiger partial charge in [0.15, 0.2) is 0 Å². The summed E-state index contributed by atoms with van der Waals surface area (Å²) in [5.41, 5.74) is 9.27. The second-order valence-electron chi connectivity index (χ2n) is 10.3. The maximum Gasteiger partial charge on any atom is 0.329 e. The molecule has 0 saturated heterocycles. The number of H-pyrrole nitrogens is 2. The molecule has 6 nitrogen and oxygen atoms in total. The van der Waals surface area contributed by atoms with E-state index in [1.165, 1.54) is 23.8 Å². The van der Waals surface area contributed by atoms with Gasteiger partial charge in [0.2, 0.25) is 0 Å². The SMILES string of the molecule is Cc1cccc(-c2nc(-c3ccc4cc[nH]c4c3)[nH]c2-c2ccc3c(c2)n(C)c(=O)n3C2CCCC2)c1. The van der Waals surface area contributed by atoms with Gasteiger partial charge < -0.3 is 9.97 Å². The van der Waals surface area contributed by atoms with Gasteiger partial charge in [-0.15, -0.1) is 0 Å². The van der Waals surface area contributed by atoms with Crippen molar-refractivity contribution in [1.82, 2.24) is 24.1 Å². The lowest BCUT2D eigenvalue weighted by molar-refractivity contribution is 0.509. The van der Waals surface area contributed by atoms with Gasteiger partial charge >= 0.3 is 5.69 Å². The molecule has 1 saturated carbocycles. The Morgan fingerprint density at radius 1 is 0.892 bits per heavy atom. The molecular weight excluding hydrogens is 458 g/mol. The van der Waals surface area contributed by atoms with Gasteiger partial charge in [0.25, 0.3) is 0 Å². The monoisotopic (exact) mass is 487 g/mol. The largest absolute Gasteiger partial charge is 0.361 e. The van der Waals surface area contributed by atoms with E-state index in [-0.39, 0.29) is 5.69 Å². The summed E-state index contributed by atoms with van der Waals surface area (Å²) in [5.74, 6) is 0.820. The van der Waals surface area contributed by atoms with Gasteiger partial charge in [-0.25, -0.2) is 9.78 Å². The number of hydrogen-bond acceptors (Lipinski definition) is 2. The first-order valence-electron chi connectivity index (χ1n) is 13.0. The fraction of sp³-hybridized carbons (Fsp3) is 0.226. The summed E-state index contributed by atoms with van der Waals surface area (Å²) in [6.07, 6.45) is 6.49. The number of aromatic amines is 2. The summed E-state index contributed by atoms with van der Waals surface area (Å²) in [7, 11) is 1.88. The summed E-state index contributed by atoms with van der Waals surface area (Å²) < 4.78 is 3.80. The van der Waals surface area contributed by atoms with Crippen molar-refractivity contribution in [2.45, 2.75) is 38.6 Å². The van der Waals surface area contributed by atoms with Crippen LogP contribution in [0.25, 0.3) is 55.8 Å². The van der Waals surface area contributed by atoms with Crippen LogP contribution in [0.3, 0.4) is 0 Å². The summed E-state index contributed by atoms with van der Waals surface area (Å²) in [6, 6.07) is 23.5. The third-order valence-corrected chi connectivity index (χ3v) is 7.89. The molecule has 0 bridgehead atoms. The van der Waals surface area contributed by atoms with Crippen molar-refractivity contribution in [2.75, 3.05) is 0 Å². The number of aryl methyl sites for hydroxylation is 2. The fourth-order valence-corrected chi connectivity index (χ4v) is 5.95. The van der Waals surface area contributed by atoms with E-state index >= 15 is 0 Å². The highest BCUT2D eigenvalue weighted by Crippen LogP contribution is 2.36. The van der Waals surface area contributed by atoms with Gasteiger partial charge in [-0.05, 0) is 55.5 Å². The minimum absolute atomic E-state index is 0.0718. The molecule has 0 atom stereocenters. The smallest absolute Gasteiger partial charge is 0.329 e. The molecule has 184 valence electrons. The zero-order valence-corrected chi connectivity index (χ0v) is 21.1. The van der Waals surface area contributed by atoms with Crippen LogP contribution in [0.5, 0.6) is 0 Å². The molecule has 0 amide bonds. The average molecular weight is 488 g/mol. The van der Waals surface area contributed by atoms with Gasteiger partial charge in [-0.3, -0.25) is 9.13 Å². The second-order valence-corrected chi connectivity index (χ2v) is 10.3. The number of fused-ring (bicyclic) bond motifs is 2. The van der Waals surface area contributed by atoms with Crippen LogP contribution in [0.1, 0.15) is 37.3 Å². The van der Waals surface area contributed by atoms with Crippen LogP contribution < -0.4 is 5.69 Å². The van der Waals surface area contributed by atoms with Gasteiger partial charge in [0, 0.05) is 41.5 Å². The molecule has 0 radical (unpaired) electrons. The minimum atomic E-state index is 0.0718. The normalized spacial score (nSPS) is 14.3. The van der Waals surface area contributed by atoms with Crippen molar-refractivity contribution < 1.29 is 0 Å². The third-order valence-electron chi connectivity index (χ3n) is 7.89. The maximum absolute atomic E-state index is 13.2.